The summed E-state index contributed by atoms with van der Waals surface area (Å²) in [7, 11) is 0. The predicted octanol–water partition coefficient (Wildman–Crippen LogP) is 2.49. The molecule has 0 saturated heterocycles. The van der Waals surface area contributed by atoms with E-state index in [9.17, 15) is 14.4 Å². The number of ketones is 1. The summed E-state index contributed by atoms with van der Waals surface area (Å²) >= 11 is 5.97. The molecule has 21 heavy (non-hydrogen) atoms. The molecular formula is C15H23ClO5. The molecule has 1 aliphatic carbocycles. The normalized spacial score (nSPS) is 22.8. The molecule has 0 aromatic heterocycles. The summed E-state index contributed by atoms with van der Waals surface area (Å²) in [6.07, 6.45) is 2.85. The summed E-state index contributed by atoms with van der Waals surface area (Å²) in [6, 6.07) is 0. The molecule has 120 valence electrons. The molecule has 0 aliphatic heterocycles. The summed E-state index contributed by atoms with van der Waals surface area (Å²) in [4.78, 5) is 35.7. The van der Waals surface area contributed by atoms with Crippen LogP contribution in [0.1, 0.15) is 46.0 Å². The van der Waals surface area contributed by atoms with Crippen LogP contribution in [-0.2, 0) is 23.9 Å². The quantitative estimate of drug-likeness (QED) is 0.326. The molecule has 0 aromatic carbocycles. The Labute approximate surface area is 130 Å². The Morgan fingerprint density at radius 1 is 1.19 bits per heavy atom. The van der Waals surface area contributed by atoms with Crippen LogP contribution in [0.25, 0.3) is 0 Å². The molecule has 6 heteroatoms. The van der Waals surface area contributed by atoms with Gasteiger partial charge in [0, 0.05) is 6.42 Å². The molecule has 5 nitrogen and oxygen atoms in total. The SMILES string of the molecule is CCOC(=O)C(CC1CCCC(Cl)C(=O)C1)C(=O)OCC. The third-order valence-electron chi connectivity index (χ3n) is 3.62. The minimum Gasteiger partial charge on any atom is -0.465 e. The number of rotatable bonds is 6. The first-order chi connectivity index (χ1) is 9.99. The molecule has 0 amide bonds. The van der Waals surface area contributed by atoms with Gasteiger partial charge >= 0.3 is 11.9 Å². The van der Waals surface area contributed by atoms with Crippen molar-refractivity contribution in [1.29, 1.82) is 0 Å². The van der Waals surface area contributed by atoms with Crippen LogP contribution in [0.2, 0.25) is 0 Å². The zero-order valence-corrected chi connectivity index (χ0v) is 13.4. The van der Waals surface area contributed by atoms with Crippen molar-refractivity contribution >= 4 is 29.3 Å². The molecular weight excluding hydrogens is 296 g/mol. The van der Waals surface area contributed by atoms with Crippen molar-refractivity contribution < 1.29 is 23.9 Å². The number of halogens is 1. The molecule has 1 saturated carbocycles. The Balaban J connectivity index is 2.72. The van der Waals surface area contributed by atoms with E-state index in [0.717, 1.165) is 12.8 Å². The van der Waals surface area contributed by atoms with Crippen molar-refractivity contribution in [2.75, 3.05) is 13.2 Å². The van der Waals surface area contributed by atoms with Crippen molar-refractivity contribution in [3.8, 4) is 0 Å². The molecule has 2 unspecified atom stereocenters. The second kappa shape index (κ2) is 9.03. The third-order valence-corrected chi connectivity index (χ3v) is 4.08. The van der Waals surface area contributed by atoms with Gasteiger partial charge in [0.1, 0.15) is 0 Å². The Hall–Kier alpha value is -1.10. The van der Waals surface area contributed by atoms with Crippen LogP contribution in [0.5, 0.6) is 0 Å². The molecule has 0 aromatic rings. The molecule has 0 heterocycles. The average Bonchev–Trinajstić information content (AvgIpc) is 2.58. The number of carbonyl (C=O) groups excluding carboxylic acids is 3. The van der Waals surface area contributed by atoms with Gasteiger partial charge in [0.25, 0.3) is 0 Å². The number of alkyl halides is 1. The summed E-state index contributed by atoms with van der Waals surface area (Å²) < 4.78 is 9.88. The first-order valence-electron chi connectivity index (χ1n) is 7.49. The maximum absolute atomic E-state index is 11.9. The van der Waals surface area contributed by atoms with Gasteiger partial charge in [-0.3, -0.25) is 14.4 Å². The Morgan fingerprint density at radius 3 is 2.29 bits per heavy atom. The monoisotopic (exact) mass is 318 g/mol. The smallest absolute Gasteiger partial charge is 0.320 e. The molecule has 0 bridgehead atoms. The minimum absolute atomic E-state index is 0.00867. The fourth-order valence-corrected chi connectivity index (χ4v) is 2.81. The largest absolute Gasteiger partial charge is 0.465 e. The van der Waals surface area contributed by atoms with Gasteiger partial charge in [-0.25, -0.2) is 0 Å². The van der Waals surface area contributed by atoms with Crippen LogP contribution in [0.3, 0.4) is 0 Å². The van der Waals surface area contributed by atoms with Crippen molar-refractivity contribution in [2.24, 2.45) is 11.8 Å². The number of ether oxygens (including phenoxy) is 2. The molecule has 2 atom stereocenters. The molecule has 1 fully saturated rings. The van der Waals surface area contributed by atoms with E-state index in [2.05, 4.69) is 0 Å². The second-order valence-corrected chi connectivity index (χ2v) is 5.75. The Bertz CT molecular complexity index is 364. The Kier molecular flexibility index (Phi) is 7.72. The molecule has 0 radical (unpaired) electrons. The third kappa shape index (κ3) is 5.65. The standard InChI is InChI=1S/C15H23ClO5/c1-3-20-14(18)11(15(19)21-4-2)8-10-6-5-7-12(16)13(17)9-10/h10-12H,3-9H2,1-2H3. The van der Waals surface area contributed by atoms with E-state index in [-0.39, 0.29) is 31.3 Å². The minimum atomic E-state index is -0.949. The molecule has 1 aliphatic rings. The van der Waals surface area contributed by atoms with Gasteiger partial charge in [0.05, 0.1) is 18.6 Å². The zero-order chi connectivity index (χ0) is 15.8. The van der Waals surface area contributed by atoms with E-state index in [1.165, 1.54) is 0 Å². The lowest BCUT2D eigenvalue weighted by atomic mass is 9.88. The number of hydrogen-bond donors (Lipinski definition) is 0. The maximum Gasteiger partial charge on any atom is 0.320 e. The van der Waals surface area contributed by atoms with Crippen molar-refractivity contribution in [2.45, 2.75) is 51.3 Å². The van der Waals surface area contributed by atoms with Gasteiger partial charge in [0.15, 0.2) is 11.7 Å². The molecule has 1 rings (SSSR count). The topological polar surface area (TPSA) is 69.7 Å². The summed E-state index contributed by atoms with van der Waals surface area (Å²) in [5, 5.41) is -0.446. The average molecular weight is 319 g/mol. The van der Waals surface area contributed by atoms with Crippen molar-refractivity contribution in [1.82, 2.24) is 0 Å². The van der Waals surface area contributed by atoms with Gasteiger partial charge in [-0.05, 0) is 39.0 Å². The number of Topliss-reactive ketones (excluding diaryl/α,β-unsaturated/α-hetero) is 1. The summed E-state index contributed by atoms with van der Waals surface area (Å²) in [6.45, 7) is 3.80. The van der Waals surface area contributed by atoms with Crippen LogP contribution in [0, 0.1) is 11.8 Å². The van der Waals surface area contributed by atoms with E-state index in [0.29, 0.717) is 12.8 Å². The van der Waals surface area contributed by atoms with Crippen molar-refractivity contribution in [3.05, 3.63) is 0 Å². The fraction of sp³-hybridized carbons (Fsp3) is 0.800. The lowest BCUT2D eigenvalue weighted by Crippen LogP contribution is -2.30. The number of esters is 2. The highest BCUT2D eigenvalue weighted by atomic mass is 35.5. The summed E-state index contributed by atoms with van der Waals surface area (Å²) in [5.74, 6) is -2.13. The van der Waals surface area contributed by atoms with Crippen LogP contribution in [0.4, 0.5) is 0 Å². The van der Waals surface area contributed by atoms with E-state index in [1.54, 1.807) is 13.8 Å². The first-order valence-corrected chi connectivity index (χ1v) is 7.93. The van der Waals surface area contributed by atoms with Gasteiger partial charge in [0.2, 0.25) is 0 Å². The highest BCUT2D eigenvalue weighted by molar-refractivity contribution is 6.31. The molecule has 0 N–H and O–H groups in total. The van der Waals surface area contributed by atoms with Crippen LogP contribution in [-0.4, -0.2) is 36.3 Å². The van der Waals surface area contributed by atoms with Gasteiger partial charge < -0.3 is 9.47 Å². The number of carbonyl (C=O) groups is 3. The first kappa shape index (κ1) is 18.0. The zero-order valence-electron chi connectivity index (χ0n) is 12.6. The lowest BCUT2D eigenvalue weighted by Gasteiger charge is -2.19. The number of hydrogen-bond acceptors (Lipinski definition) is 5. The van der Waals surface area contributed by atoms with Crippen LogP contribution >= 0.6 is 11.6 Å². The summed E-state index contributed by atoms with van der Waals surface area (Å²) in [5.41, 5.74) is 0. The highest BCUT2D eigenvalue weighted by Crippen LogP contribution is 2.29. The predicted molar refractivity (Wildman–Crippen MR) is 78.0 cm³/mol. The lowest BCUT2D eigenvalue weighted by molar-refractivity contribution is -0.162. The van der Waals surface area contributed by atoms with Crippen LogP contribution < -0.4 is 0 Å². The highest BCUT2D eigenvalue weighted by Gasteiger charge is 2.34. The van der Waals surface area contributed by atoms with E-state index < -0.39 is 23.2 Å². The van der Waals surface area contributed by atoms with Crippen molar-refractivity contribution in [3.63, 3.8) is 0 Å². The van der Waals surface area contributed by atoms with E-state index in [4.69, 9.17) is 21.1 Å². The Morgan fingerprint density at radius 2 is 1.76 bits per heavy atom. The fourth-order valence-electron chi connectivity index (χ4n) is 2.57. The van der Waals surface area contributed by atoms with Crippen LogP contribution in [0.15, 0.2) is 0 Å². The van der Waals surface area contributed by atoms with E-state index >= 15 is 0 Å². The molecule has 0 spiro atoms. The van der Waals surface area contributed by atoms with E-state index in [1.807, 2.05) is 0 Å². The second-order valence-electron chi connectivity index (χ2n) is 5.23. The maximum atomic E-state index is 11.9. The van der Waals surface area contributed by atoms with Gasteiger partial charge in [-0.2, -0.15) is 0 Å². The van der Waals surface area contributed by atoms with Gasteiger partial charge in [-0.15, -0.1) is 11.6 Å². The van der Waals surface area contributed by atoms with Gasteiger partial charge in [-0.1, -0.05) is 6.42 Å².